The number of aromatic hydroxyl groups is 1. The number of benzene rings is 2. The molecule has 5 rings (SSSR count). The molecule has 3 aromatic rings. The third-order valence-electron chi connectivity index (χ3n) is 5.76. The molecule has 1 N–H and O–H groups in total. The van der Waals surface area contributed by atoms with E-state index in [1.165, 1.54) is 16.9 Å². The summed E-state index contributed by atoms with van der Waals surface area (Å²) in [5.41, 5.74) is 1.06. The van der Waals surface area contributed by atoms with Gasteiger partial charge in [-0.05, 0) is 31.2 Å². The highest BCUT2D eigenvalue weighted by molar-refractivity contribution is 6.05. The molecule has 174 valence electrons. The Morgan fingerprint density at radius 1 is 1.21 bits per heavy atom. The Morgan fingerprint density at radius 2 is 1.97 bits per heavy atom. The summed E-state index contributed by atoms with van der Waals surface area (Å²) in [5, 5.41) is 31.9. The molecule has 1 aromatic heterocycles. The number of amides is 1. The largest absolute Gasteiger partial charge is 0.508 e. The van der Waals surface area contributed by atoms with Crippen LogP contribution in [0.5, 0.6) is 17.2 Å². The first-order chi connectivity index (χ1) is 16.5. The average molecular weight is 463 g/mol. The third kappa shape index (κ3) is 3.70. The number of hydrazone groups is 1. The van der Waals surface area contributed by atoms with Crippen LogP contribution in [0.15, 0.2) is 53.8 Å². The molecule has 0 fully saturated rings. The van der Waals surface area contributed by atoms with E-state index in [1.54, 1.807) is 37.3 Å². The molecule has 2 aliphatic rings. The minimum absolute atomic E-state index is 0.00230. The van der Waals surface area contributed by atoms with Crippen LogP contribution in [0.1, 0.15) is 41.0 Å². The summed E-state index contributed by atoms with van der Waals surface area (Å²) in [6.07, 6.45) is 1.51. The maximum Gasteiger partial charge on any atom is 0.320 e. The molecular weight excluding hydrogens is 442 g/mol. The summed E-state index contributed by atoms with van der Waals surface area (Å²) in [6.45, 7) is 3.03. The number of hydrogen-bond donors (Lipinski definition) is 1. The predicted molar refractivity (Wildman–Crippen MR) is 120 cm³/mol. The van der Waals surface area contributed by atoms with Gasteiger partial charge in [0.15, 0.2) is 11.5 Å². The highest BCUT2D eigenvalue weighted by atomic mass is 16.6. The number of ether oxygens (including phenoxy) is 2. The lowest BCUT2D eigenvalue weighted by atomic mass is 9.97. The van der Waals surface area contributed by atoms with Crippen molar-refractivity contribution >= 4 is 17.3 Å². The van der Waals surface area contributed by atoms with Crippen molar-refractivity contribution in [3.05, 3.63) is 75.6 Å². The Bertz CT molecular complexity index is 1320. The molecule has 34 heavy (non-hydrogen) atoms. The van der Waals surface area contributed by atoms with Gasteiger partial charge in [0.05, 0.1) is 16.7 Å². The number of aromatic nitrogens is 2. The quantitative estimate of drug-likeness (QED) is 0.453. The second-order valence-electron chi connectivity index (χ2n) is 7.81. The van der Waals surface area contributed by atoms with Gasteiger partial charge in [-0.15, -0.1) is 0 Å². The van der Waals surface area contributed by atoms with E-state index < -0.39 is 22.6 Å². The van der Waals surface area contributed by atoms with Gasteiger partial charge in [0.25, 0.3) is 0 Å². The fourth-order valence-electron chi connectivity index (χ4n) is 4.07. The van der Waals surface area contributed by atoms with Gasteiger partial charge in [0.1, 0.15) is 25.2 Å². The SMILES string of the molecule is CCn1cc([N+](=O)[O-])c(C(=O)N2N=C(c3ccc4c(c3)OCCO4)C[C@H]2c2ccccc2O)n1. The zero-order chi connectivity index (χ0) is 23.8. The number of aryl methyl sites for hydroxylation is 1. The fourth-order valence-corrected chi connectivity index (χ4v) is 4.07. The lowest BCUT2D eigenvalue weighted by molar-refractivity contribution is -0.385. The zero-order valence-corrected chi connectivity index (χ0v) is 18.2. The summed E-state index contributed by atoms with van der Waals surface area (Å²) >= 11 is 0. The van der Waals surface area contributed by atoms with E-state index in [0.29, 0.717) is 48.1 Å². The Labute approximate surface area is 194 Å². The smallest absolute Gasteiger partial charge is 0.320 e. The molecule has 0 unspecified atom stereocenters. The van der Waals surface area contributed by atoms with Gasteiger partial charge < -0.3 is 14.6 Å². The van der Waals surface area contributed by atoms with E-state index in [0.717, 1.165) is 5.01 Å². The highest BCUT2D eigenvalue weighted by Gasteiger charge is 2.39. The van der Waals surface area contributed by atoms with Gasteiger partial charge in [-0.25, -0.2) is 5.01 Å². The van der Waals surface area contributed by atoms with E-state index >= 15 is 0 Å². The van der Waals surface area contributed by atoms with Gasteiger partial charge in [-0.2, -0.15) is 10.2 Å². The number of carbonyl (C=O) groups is 1. The van der Waals surface area contributed by atoms with Crippen LogP contribution in [0.25, 0.3) is 0 Å². The van der Waals surface area contributed by atoms with Crippen molar-refractivity contribution in [1.29, 1.82) is 0 Å². The Hall–Kier alpha value is -4.41. The first-order valence-corrected chi connectivity index (χ1v) is 10.8. The Kier molecular flexibility index (Phi) is 5.36. The number of fused-ring (bicyclic) bond motifs is 1. The van der Waals surface area contributed by atoms with E-state index in [-0.39, 0.29) is 17.9 Å². The van der Waals surface area contributed by atoms with Crippen molar-refractivity contribution in [2.24, 2.45) is 5.10 Å². The molecule has 1 amide bonds. The second-order valence-corrected chi connectivity index (χ2v) is 7.81. The lowest BCUT2D eigenvalue weighted by Crippen LogP contribution is -2.28. The van der Waals surface area contributed by atoms with Gasteiger partial charge in [-0.3, -0.25) is 19.6 Å². The van der Waals surface area contributed by atoms with Crippen LogP contribution < -0.4 is 9.47 Å². The number of nitrogens with zero attached hydrogens (tertiary/aromatic N) is 5. The Balaban J connectivity index is 1.58. The number of phenols is 1. The van der Waals surface area contributed by atoms with Crippen LogP contribution >= 0.6 is 0 Å². The summed E-state index contributed by atoms with van der Waals surface area (Å²) in [6, 6.07) is 11.3. The van der Waals surface area contributed by atoms with E-state index in [1.807, 2.05) is 6.07 Å². The molecule has 0 radical (unpaired) electrons. The van der Waals surface area contributed by atoms with Crippen molar-refractivity contribution in [1.82, 2.24) is 14.8 Å². The summed E-state index contributed by atoms with van der Waals surface area (Å²) in [5.74, 6) is 0.476. The molecule has 3 heterocycles. The summed E-state index contributed by atoms with van der Waals surface area (Å²) in [4.78, 5) is 24.5. The molecule has 1 atom stereocenters. The number of nitro groups is 1. The normalized spacial score (nSPS) is 16.9. The molecule has 2 aliphatic heterocycles. The number of phenolic OH excluding ortho intramolecular Hbond substituents is 1. The Morgan fingerprint density at radius 3 is 2.71 bits per heavy atom. The molecular formula is C23H21N5O6. The molecule has 0 saturated carbocycles. The van der Waals surface area contributed by atoms with Crippen molar-refractivity contribution in [2.45, 2.75) is 25.9 Å². The fraction of sp³-hybridized carbons (Fsp3) is 0.261. The van der Waals surface area contributed by atoms with Gasteiger partial charge in [0, 0.05) is 24.1 Å². The molecule has 0 bridgehead atoms. The summed E-state index contributed by atoms with van der Waals surface area (Å²) < 4.78 is 12.6. The van der Waals surface area contributed by atoms with E-state index in [4.69, 9.17) is 9.47 Å². The third-order valence-corrected chi connectivity index (χ3v) is 5.76. The predicted octanol–water partition coefficient (Wildman–Crippen LogP) is 3.28. The van der Waals surface area contributed by atoms with Gasteiger partial charge in [0.2, 0.25) is 5.69 Å². The van der Waals surface area contributed by atoms with Crippen molar-refractivity contribution < 1.29 is 24.3 Å². The standard InChI is InChI=1S/C23H21N5O6/c1-2-26-13-18(28(31)32)22(25-26)23(30)27-17(15-5-3-4-6-19(15)29)12-16(24-27)14-7-8-20-21(11-14)34-10-9-33-20/h3-8,11,13,17,29H,2,9-10,12H2,1H3/t17-/m0/s1. The van der Waals surface area contributed by atoms with Crippen LogP contribution in [0.3, 0.4) is 0 Å². The first kappa shape index (κ1) is 21.4. The van der Waals surface area contributed by atoms with E-state index in [2.05, 4.69) is 10.2 Å². The summed E-state index contributed by atoms with van der Waals surface area (Å²) in [7, 11) is 0. The van der Waals surface area contributed by atoms with Crippen molar-refractivity contribution in [3.8, 4) is 17.2 Å². The number of para-hydroxylation sites is 1. The maximum absolute atomic E-state index is 13.5. The van der Waals surface area contributed by atoms with E-state index in [9.17, 15) is 20.0 Å². The van der Waals surface area contributed by atoms with Crippen molar-refractivity contribution in [2.75, 3.05) is 13.2 Å². The topological polar surface area (TPSA) is 132 Å². The highest BCUT2D eigenvalue weighted by Crippen LogP contribution is 2.40. The van der Waals surface area contributed by atoms with Gasteiger partial charge in [-0.1, -0.05) is 18.2 Å². The molecule has 11 nitrogen and oxygen atoms in total. The zero-order valence-electron chi connectivity index (χ0n) is 18.2. The number of carbonyl (C=O) groups excluding carboxylic acids is 1. The molecule has 0 spiro atoms. The number of hydrogen-bond acceptors (Lipinski definition) is 8. The minimum atomic E-state index is -0.723. The molecule has 2 aromatic carbocycles. The van der Waals surface area contributed by atoms with Crippen LogP contribution in [0, 0.1) is 10.1 Å². The monoisotopic (exact) mass is 463 g/mol. The minimum Gasteiger partial charge on any atom is -0.508 e. The molecule has 11 heteroatoms. The first-order valence-electron chi connectivity index (χ1n) is 10.8. The van der Waals surface area contributed by atoms with Crippen molar-refractivity contribution in [3.63, 3.8) is 0 Å². The van der Waals surface area contributed by atoms with Crippen LogP contribution in [0.2, 0.25) is 0 Å². The molecule has 0 saturated heterocycles. The average Bonchev–Trinajstić information content (AvgIpc) is 3.49. The second kappa shape index (κ2) is 8.50. The molecule has 0 aliphatic carbocycles. The maximum atomic E-state index is 13.5. The lowest BCUT2D eigenvalue weighted by Gasteiger charge is -2.21. The van der Waals surface area contributed by atoms with Crippen LogP contribution in [-0.4, -0.2) is 49.7 Å². The van der Waals surface area contributed by atoms with Gasteiger partial charge >= 0.3 is 11.6 Å². The number of rotatable bonds is 5. The van der Waals surface area contributed by atoms with Crippen LogP contribution in [0.4, 0.5) is 5.69 Å². The van der Waals surface area contributed by atoms with Crippen LogP contribution in [-0.2, 0) is 6.54 Å².